The Morgan fingerprint density at radius 2 is 1.72 bits per heavy atom. The molecule has 3 rings (SSSR count). The van der Waals surface area contributed by atoms with Crippen molar-refractivity contribution in [2.75, 3.05) is 67.6 Å². The van der Waals surface area contributed by atoms with Crippen LogP contribution in [0.15, 0.2) is 17.0 Å². The number of ether oxygens (including phenoxy) is 2. The lowest BCUT2D eigenvalue weighted by Gasteiger charge is -2.35. The molecule has 0 N–H and O–H groups in total. The van der Waals surface area contributed by atoms with Gasteiger partial charge < -0.3 is 19.3 Å². The van der Waals surface area contributed by atoms with E-state index in [2.05, 4.69) is 16.8 Å². The Morgan fingerprint density at radius 3 is 2.31 bits per heavy atom. The second kappa shape index (κ2) is 12.2. The zero-order valence-corrected chi connectivity index (χ0v) is 23.8. The summed E-state index contributed by atoms with van der Waals surface area (Å²) in [5.74, 6) is 0.562. The number of hydrogen-bond donors (Lipinski definition) is 0. The summed E-state index contributed by atoms with van der Waals surface area (Å²) in [6, 6.07) is 4.25. The fourth-order valence-electron chi connectivity index (χ4n) is 5.40. The maximum Gasteiger partial charge on any atom is 0.248 e. The van der Waals surface area contributed by atoms with Crippen molar-refractivity contribution in [3.63, 3.8) is 0 Å². The summed E-state index contributed by atoms with van der Waals surface area (Å²) in [6.07, 6.45) is 2.92. The van der Waals surface area contributed by atoms with Crippen LogP contribution >= 0.6 is 0 Å². The third-order valence-corrected chi connectivity index (χ3v) is 9.81. The topological polar surface area (TPSA) is 82.6 Å². The van der Waals surface area contributed by atoms with Gasteiger partial charge in [-0.3, -0.25) is 9.69 Å². The van der Waals surface area contributed by atoms with Crippen LogP contribution in [0.5, 0.6) is 5.75 Å². The van der Waals surface area contributed by atoms with Crippen LogP contribution in [0, 0.1) is 13.8 Å². The Morgan fingerprint density at radius 1 is 1.11 bits per heavy atom. The zero-order chi connectivity index (χ0) is 26.6. The number of carbonyl (C=O) groups is 1. The third kappa shape index (κ3) is 6.77. The Balaban J connectivity index is 1.49. The summed E-state index contributed by atoms with van der Waals surface area (Å²) in [4.78, 5) is 19.9. The third-order valence-electron chi connectivity index (χ3n) is 7.68. The number of methoxy groups -OCH3 is 1. The van der Waals surface area contributed by atoms with Crippen molar-refractivity contribution in [2.24, 2.45) is 0 Å². The monoisotopic (exact) mass is 524 g/mol. The van der Waals surface area contributed by atoms with E-state index in [9.17, 15) is 13.2 Å². The molecule has 1 amide bonds. The van der Waals surface area contributed by atoms with Gasteiger partial charge >= 0.3 is 0 Å². The number of benzene rings is 1. The van der Waals surface area contributed by atoms with Gasteiger partial charge in [0.25, 0.3) is 0 Å². The van der Waals surface area contributed by atoms with Crippen LogP contribution in [0.25, 0.3) is 0 Å². The fraction of sp³-hybridized carbons (Fsp3) is 0.731. The van der Waals surface area contributed by atoms with E-state index in [1.165, 1.54) is 17.1 Å². The van der Waals surface area contributed by atoms with Gasteiger partial charge in [0, 0.05) is 45.8 Å². The minimum atomic E-state index is -3.71. The smallest absolute Gasteiger partial charge is 0.248 e. The molecule has 36 heavy (non-hydrogen) atoms. The van der Waals surface area contributed by atoms with E-state index in [1.54, 1.807) is 47.1 Å². The van der Waals surface area contributed by atoms with Crippen LogP contribution in [-0.4, -0.2) is 119 Å². The second-order valence-electron chi connectivity index (χ2n) is 10.5. The first-order valence-electron chi connectivity index (χ1n) is 12.9. The number of nitrogens with zero attached hydrogens (tertiary/aromatic N) is 4. The molecule has 2 fully saturated rings. The molecule has 0 aromatic heterocycles. The van der Waals surface area contributed by atoms with Gasteiger partial charge in [-0.1, -0.05) is 0 Å². The lowest BCUT2D eigenvalue weighted by atomic mass is 10.0. The van der Waals surface area contributed by atoms with E-state index in [-0.39, 0.29) is 30.0 Å². The van der Waals surface area contributed by atoms with Crippen molar-refractivity contribution in [1.82, 2.24) is 19.0 Å². The summed E-state index contributed by atoms with van der Waals surface area (Å²) in [5, 5.41) is 0. The highest BCUT2D eigenvalue weighted by Crippen LogP contribution is 2.28. The lowest BCUT2D eigenvalue weighted by molar-refractivity contribution is -0.138. The molecule has 9 nitrogen and oxygen atoms in total. The predicted octanol–water partition coefficient (Wildman–Crippen LogP) is 1.96. The zero-order valence-electron chi connectivity index (χ0n) is 23.0. The van der Waals surface area contributed by atoms with E-state index in [1.807, 2.05) is 11.9 Å². The van der Waals surface area contributed by atoms with Gasteiger partial charge in [0.1, 0.15) is 12.4 Å². The molecular formula is C26H44N4O5S. The normalized spacial score (nSPS) is 21.2. The Labute approximate surface area is 217 Å². The molecule has 0 unspecified atom stereocenters. The van der Waals surface area contributed by atoms with Crippen LogP contribution in [-0.2, 0) is 19.6 Å². The first-order chi connectivity index (χ1) is 16.9. The van der Waals surface area contributed by atoms with E-state index >= 15 is 0 Å². The molecule has 2 saturated heterocycles. The maximum absolute atomic E-state index is 13.3. The number of aryl methyl sites for hydroxylation is 2. The molecule has 204 valence electrons. The highest BCUT2D eigenvalue weighted by Gasteiger charge is 2.33. The van der Waals surface area contributed by atoms with Gasteiger partial charge in [-0.2, -0.15) is 4.31 Å². The van der Waals surface area contributed by atoms with Crippen molar-refractivity contribution in [3.05, 3.63) is 23.3 Å². The fourth-order valence-corrected chi connectivity index (χ4v) is 7.05. The number of likely N-dealkylation sites (tertiary alicyclic amines) is 2. The number of amides is 1. The minimum Gasteiger partial charge on any atom is -0.497 e. The van der Waals surface area contributed by atoms with Crippen molar-refractivity contribution in [3.8, 4) is 5.75 Å². The molecule has 2 atom stereocenters. The van der Waals surface area contributed by atoms with Crippen molar-refractivity contribution in [2.45, 2.75) is 63.1 Å². The van der Waals surface area contributed by atoms with Gasteiger partial charge in [-0.05, 0) is 83.4 Å². The highest BCUT2D eigenvalue weighted by molar-refractivity contribution is 7.89. The van der Waals surface area contributed by atoms with Gasteiger partial charge in [-0.15, -0.1) is 0 Å². The van der Waals surface area contributed by atoms with Crippen LogP contribution in [0.3, 0.4) is 0 Å². The maximum atomic E-state index is 13.3. The first-order valence-corrected chi connectivity index (χ1v) is 14.3. The van der Waals surface area contributed by atoms with E-state index in [0.29, 0.717) is 22.9 Å². The van der Waals surface area contributed by atoms with Gasteiger partial charge in [0.15, 0.2) is 0 Å². The minimum absolute atomic E-state index is 0.0587. The molecule has 2 aliphatic rings. The average Bonchev–Trinajstić information content (AvgIpc) is 3.32. The molecule has 0 bridgehead atoms. The van der Waals surface area contributed by atoms with E-state index < -0.39 is 16.1 Å². The summed E-state index contributed by atoms with van der Waals surface area (Å²) < 4.78 is 38.9. The number of likely N-dealkylation sites (N-methyl/N-ethyl adjacent to an activating group) is 2. The van der Waals surface area contributed by atoms with Gasteiger partial charge in [0.05, 0.1) is 18.1 Å². The largest absolute Gasteiger partial charge is 0.497 e. The molecule has 2 heterocycles. The quantitative estimate of drug-likeness (QED) is 0.463. The van der Waals surface area contributed by atoms with Crippen molar-refractivity contribution < 1.29 is 22.7 Å². The Hall–Kier alpha value is -1.72. The number of rotatable bonds is 10. The predicted molar refractivity (Wildman–Crippen MR) is 141 cm³/mol. The molecule has 0 aliphatic carbocycles. The van der Waals surface area contributed by atoms with Crippen LogP contribution in [0.2, 0.25) is 0 Å². The number of carbonyl (C=O) groups excluding carboxylic acids is 1. The molecule has 1 aromatic carbocycles. The molecule has 0 spiro atoms. The summed E-state index contributed by atoms with van der Waals surface area (Å²) in [6.45, 7) is 9.62. The SMILES string of the molecule is COc1cc(C)c(S(=O)(=O)N(C)C[C@@H](C)OCC(=O)N(C)[C@@H]2CCN(C3CCN(C)CC3)C2)c(C)c1. The first kappa shape index (κ1) is 28.8. The highest BCUT2D eigenvalue weighted by atomic mass is 32.2. The second-order valence-corrected chi connectivity index (χ2v) is 12.5. The van der Waals surface area contributed by atoms with E-state index in [4.69, 9.17) is 9.47 Å². The molecule has 2 aliphatic heterocycles. The van der Waals surface area contributed by atoms with Crippen molar-refractivity contribution >= 4 is 15.9 Å². The molecule has 1 aromatic rings. The van der Waals surface area contributed by atoms with Crippen molar-refractivity contribution in [1.29, 1.82) is 0 Å². The number of hydrogen-bond acceptors (Lipinski definition) is 7. The summed E-state index contributed by atoms with van der Waals surface area (Å²) in [5.41, 5.74) is 1.27. The Kier molecular flexibility index (Phi) is 9.79. The lowest BCUT2D eigenvalue weighted by Crippen LogP contribution is -2.45. The summed E-state index contributed by atoms with van der Waals surface area (Å²) in [7, 11) is 3.41. The van der Waals surface area contributed by atoms with Crippen LogP contribution in [0.1, 0.15) is 37.3 Å². The van der Waals surface area contributed by atoms with Crippen LogP contribution < -0.4 is 4.74 Å². The number of piperidine rings is 1. The number of sulfonamides is 1. The average molecular weight is 525 g/mol. The van der Waals surface area contributed by atoms with Crippen LogP contribution in [0.4, 0.5) is 0 Å². The Bertz CT molecular complexity index is 987. The molecule has 10 heteroatoms. The van der Waals surface area contributed by atoms with Gasteiger partial charge in [0.2, 0.25) is 15.9 Å². The van der Waals surface area contributed by atoms with E-state index in [0.717, 1.165) is 32.6 Å². The standard InChI is InChI=1S/C26H44N4O5S/c1-19-14-24(34-7)15-20(2)26(19)36(32,33)28(5)16-21(3)35-18-25(31)29(6)23-10-13-30(17-23)22-8-11-27(4)12-9-22/h14-15,21-23H,8-13,16-18H2,1-7H3/t21-,23-/m1/s1. The van der Waals surface area contributed by atoms with Gasteiger partial charge in [-0.25, -0.2) is 8.42 Å². The molecule has 0 radical (unpaired) electrons. The molecular weight excluding hydrogens is 480 g/mol. The molecule has 0 saturated carbocycles. The summed E-state index contributed by atoms with van der Waals surface area (Å²) >= 11 is 0.